The topological polar surface area (TPSA) is 127 Å². The van der Waals surface area contributed by atoms with Crippen LogP contribution in [0.4, 0.5) is 10.5 Å². The molecule has 4 rings (SSSR count). The maximum Gasteiger partial charge on any atom is 0.410 e. The van der Waals surface area contributed by atoms with Crippen LogP contribution in [0.5, 0.6) is 5.75 Å². The molecule has 0 aliphatic carbocycles. The fourth-order valence-corrected chi connectivity index (χ4v) is 4.83. The van der Waals surface area contributed by atoms with Crippen LogP contribution in [-0.4, -0.2) is 72.4 Å². The Morgan fingerprint density at radius 2 is 2.00 bits per heavy atom. The molecule has 42 heavy (non-hydrogen) atoms. The SMILES string of the molecule is CCOC(=O)c1nn(C2CCCCO2)c2cc(OCCN(C[C@H](OC)c3cccc(N)c3)C(=O)OC(C)(C)C)ccc12. The molecule has 11 heteroatoms. The number of fused-ring (bicyclic) bond motifs is 1. The standard InChI is InChI=1S/C31H42N4O7/c1-6-39-29(36)28-24-14-13-23(19-25(24)35(33-28)27-12-7-8-16-41-27)40-17-15-34(30(37)42-31(2,3)4)20-26(38-5)21-10-9-11-22(32)18-21/h9-11,13-14,18-19,26-27H,6-8,12,15-17,20,32H2,1-5H3/t26-,27?/m0/s1. The smallest absolute Gasteiger partial charge is 0.410 e. The molecule has 2 atom stereocenters. The van der Waals surface area contributed by atoms with Crippen LogP contribution in [-0.2, 0) is 18.9 Å². The molecule has 0 saturated carbocycles. The third-order valence-corrected chi connectivity index (χ3v) is 6.81. The van der Waals surface area contributed by atoms with Gasteiger partial charge in [-0.05, 0) is 76.8 Å². The van der Waals surface area contributed by atoms with E-state index in [0.717, 1.165) is 24.8 Å². The van der Waals surface area contributed by atoms with Gasteiger partial charge in [0.2, 0.25) is 0 Å². The number of nitrogens with zero attached hydrogens (tertiary/aromatic N) is 3. The lowest BCUT2D eigenvalue weighted by atomic mass is 10.1. The predicted molar refractivity (Wildman–Crippen MR) is 158 cm³/mol. The van der Waals surface area contributed by atoms with Gasteiger partial charge in [0, 0.05) is 30.9 Å². The highest BCUT2D eigenvalue weighted by atomic mass is 16.6. The second-order valence-electron chi connectivity index (χ2n) is 11.2. The quantitative estimate of drug-likeness (QED) is 0.230. The van der Waals surface area contributed by atoms with E-state index in [1.165, 1.54) is 0 Å². The number of carbonyl (C=O) groups is 2. The number of hydrogen-bond donors (Lipinski definition) is 1. The highest BCUT2D eigenvalue weighted by molar-refractivity contribution is 6.02. The number of hydrogen-bond acceptors (Lipinski definition) is 9. The summed E-state index contributed by atoms with van der Waals surface area (Å²) < 4.78 is 30.5. The zero-order chi connectivity index (χ0) is 30.3. The fourth-order valence-electron chi connectivity index (χ4n) is 4.83. The lowest BCUT2D eigenvalue weighted by Gasteiger charge is -2.30. The Morgan fingerprint density at radius 3 is 2.67 bits per heavy atom. The van der Waals surface area contributed by atoms with Crippen molar-refractivity contribution in [1.29, 1.82) is 0 Å². The van der Waals surface area contributed by atoms with Crippen LogP contribution in [0.1, 0.15) is 75.3 Å². The predicted octanol–water partition coefficient (Wildman–Crippen LogP) is 5.50. The van der Waals surface area contributed by atoms with Crippen molar-refractivity contribution >= 4 is 28.7 Å². The second-order valence-corrected chi connectivity index (χ2v) is 11.2. The van der Waals surface area contributed by atoms with Crippen molar-refractivity contribution in [3.8, 4) is 5.75 Å². The molecule has 2 heterocycles. The van der Waals surface area contributed by atoms with Crippen LogP contribution < -0.4 is 10.5 Å². The lowest BCUT2D eigenvalue weighted by Crippen LogP contribution is -2.41. The molecule has 0 spiro atoms. The van der Waals surface area contributed by atoms with Crippen LogP contribution in [0.25, 0.3) is 10.9 Å². The Bertz CT molecular complexity index is 1360. The van der Waals surface area contributed by atoms with E-state index in [1.807, 2.05) is 45.0 Å². The van der Waals surface area contributed by atoms with Gasteiger partial charge in [0.15, 0.2) is 11.9 Å². The van der Waals surface area contributed by atoms with Gasteiger partial charge in [0.25, 0.3) is 0 Å². The molecule has 1 amide bonds. The summed E-state index contributed by atoms with van der Waals surface area (Å²) in [6.45, 7) is 8.80. The van der Waals surface area contributed by atoms with Crippen molar-refractivity contribution in [1.82, 2.24) is 14.7 Å². The molecule has 0 radical (unpaired) electrons. The molecule has 1 unspecified atom stereocenters. The Labute approximate surface area is 246 Å². The molecule has 3 aromatic rings. The number of nitrogens with two attached hydrogens (primary N) is 1. The van der Waals surface area contributed by atoms with E-state index in [9.17, 15) is 9.59 Å². The number of benzene rings is 2. The lowest BCUT2D eigenvalue weighted by molar-refractivity contribution is -0.0369. The Balaban J connectivity index is 1.53. The van der Waals surface area contributed by atoms with Crippen LogP contribution >= 0.6 is 0 Å². The van der Waals surface area contributed by atoms with Crippen molar-refractivity contribution in [2.45, 2.75) is 64.9 Å². The summed E-state index contributed by atoms with van der Waals surface area (Å²) >= 11 is 0. The first-order valence-corrected chi connectivity index (χ1v) is 14.4. The third-order valence-electron chi connectivity index (χ3n) is 6.81. The Hall–Kier alpha value is -3.83. The average molecular weight is 583 g/mol. The number of amides is 1. The van der Waals surface area contributed by atoms with Gasteiger partial charge in [-0.15, -0.1) is 0 Å². The minimum Gasteiger partial charge on any atom is -0.492 e. The van der Waals surface area contributed by atoms with Gasteiger partial charge < -0.3 is 34.3 Å². The molecule has 1 aliphatic heterocycles. The van der Waals surface area contributed by atoms with Crippen molar-refractivity contribution < 1.29 is 33.3 Å². The third kappa shape index (κ3) is 7.92. The number of nitrogen functional groups attached to an aromatic ring is 1. The summed E-state index contributed by atoms with van der Waals surface area (Å²) in [4.78, 5) is 27.4. The highest BCUT2D eigenvalue weighted by Gasteiger charge is 2.27. The first-order chi connectivity index (χ1) is 20.1. The molecular formula is C31H42N4O7. The highest BCUT2D eigenvalue weighted by Crippen LogP contribution is 2.31. The summed E-state index contributed by atoms with van der Waals surface area (Å²) in [6, 6.07) is 12.8. The van der Waals surface area contributed by atoms with Gasteiger partial charge in [-0.3, -0.25) is 0 Å². The molecule has 11 nitrogen and oxygen atoms in total. The van der Waals surface area contributed by atoms with Gasteiger partial charge in [-0.25, -0.2) is 14.3 Å². The largest absolute Gasteiger partial charge is 0.492 e. The maximum atomic E-state index is 13.2. The molecule has 2 N–H and O–H groups in total. The van der Waals surface area contributed by atoms with Crippen molar-refractivity contribution in [3.05, 3.63) is 53.7 Å². The molecule has 1 fully saturated rings. The van der Waals surface area contributed by atoms with E-state index in [0.29, 0.717) is 28.9 Å². The van der Waals surface area contributed by atoms with E-state index >= 15 is 0 Å². The molecular weight excluding hydrogens is 540 g/mol. The first-order valence-electron chi connectivity index (χ1n) is 14.4. The van der Waals surface area contributed by atoms with E-state index in [-0.39, 0.29) is 38.2 Å². The fraction of sp³-hybridized carbons (Fsp3) is 0.516. The number of methoxy groups -OCH3 is 1. The molecule has 2 aromatic carbocycles. The van der Waals surface area contributed by atoms with Crippen LogP contribution in [0.2, 0.25) is 0 Å². The van der Waals surface area contributed by atoms with Crippen molar-refractivity contribution in [2.24, 2.45) is 0 Å². The van der Waals surface area contributed by atoms with Crippen LogP contribution in [0, 0.1) is 0 Å². The zero-order valence-corrected chi connectivity index (χ0v) is 25.1. The normalized spacial score (nSPS) is 16.2. The average Bonchev–Trinajstić information content (AvgIpc) is 3.33. The Morgan fingerprint density at radius 1 is 1.19 bits per heavy atom. The molecule has 1 saturated heterocycles. The van der Waals surface area contributed by atoms with Gasteiger partial charge in [-0.2, -0.15) is 5.10 Å². The molecule has 1 aromatic heterocycles. The minimum atomic E-state index is -0.669. The number of aromatic nitrogens is 2. The maximum absolute atomic E-state index is 13.2. The number of carbonyl (C=O) groups excluding carboxylic acids is 2. The summed E-state index contributed by atoms with van der Waals surface area (Å²) in [6.07, 6.45) is 1.63. The van der Waals surface area contributed by atoms with Gasteiger partial charge in [-0.1, -0.05) is 12.1 Å². The van der Waals surface area contributed by atoms with Gasteiger partial charge >= 0.3 is 12.1 Å². The van der Waals surface area contributed by atoms with E-state index in [4.69, 9.17) is 29.4 Å². The van der Waals surface area contributed by atoms with Crippen molar-refractivity contribution in [2.75, 3.05) is 45.8 Å². The second kappa shape index (κ2) is 13.9. The monoisotopic (exact) mass is 582 g/mol. The summed E-state index contributed by atoms with van der Waals surface area (Å²) in [7, 11) is 1.59. The van der Waals surface area contributed by atoms with Gasteiger partial charge in [0.05, 0.1) is 31.3 Å². The van der Waals surface area contributed by atoms with E-state index < -0.39 is 23.8 Å². The van der Waals surface area contributed by atoms with Gasteiger partial charge in [0.1, 0.15) is 18.0 Å². The summed E-state index contributed by atoms with van der Waals surface area (Å²) in [5.41, 5.74) is 7.74. The van der Waals surface area contributed by atoms with E-state index in [1.54, 1.807) is 41.8 Å². The Kier molecular flexibility index (Phi) is 10.3. The number of ether oxygens (including phenoxy) is 5. The zero-order valence-electron chi connectivity index (χ0n) is 25.1. The number of anilines is 1. The molecule has 228 valence electrons. The van der Waals surface area contributed by atoms with E-state index in [2.05, 4.69) is 5.10 Å². The molecule has 0 bridgehead atoms. The van der Waals surface area contributed by atoms with Crippen LogP contribution in [0.15, 0.2) is 42.5 Å². The molecule has 1 aliphatic rings. The van der Waals surface area contributed by atoms with Crippen molar-refractivity contribution in [3.63, 3.8) is 0 Å². The summed E-state index contributed by atoms with van der Waals surface area (Å²) in [5, 5.41) is 5.25. The minimum absolute atomic E-state index is 0.191. The first kappa shape index (κ1) is 31.1. The number of esters is 1. The number of rotatable bonds is 11. The summed E-state index contributed by atoms with van der Waals surface area (Å²) in [5.74, 6) is 0.0877. The van der Waals surface area contributed by atoms with Crippen LogP contribution in [0.3, 0.4) is 0 Å².